The van der Waals surface area contributed by atoms with Crippen LogP contribution in [0.5, 0.6) is 0 Å². The first-order chi connectivity index (χ1) is 28.5. The number of carbonyl (C=O) groups is 2. The highest BCUT2D eigenvalue weighted by Gasteiger charge is 2.42. The molecule has 10 nitrogen and oxygen atoms in total. The van der Waals surface area contributed by atoms with Crippen LogP contribution in [0.15, 0.2) is 24.5 Å². The zero-order chi connectivity index (χ0) is 43.6. The van der Waals surface area contributed by atoms with Crippen molar-refractivity contribution in [2.45, 2.75) is 125 Å². The van der Waals surface area contributed by atoms with Crippen LogP contribution in [-0.4, -0.2) is 86.5 Å². The predicted molar refractivity (Wildman–Crippen MR) is 207 cm³/mol. The lowest BCUT2D eigenvalue weighted by Gasteiger charge is -2.37. The van der Waals surface area contributed by atoms with E-state index in [2.05, 4.69) is 31.2 Å². The Balaban J connectivity index is 0.000000228. The molecule has 6 rings (SSSR count). The molecule has 2 aromatic rings. The zero-order valence-electron chi connectivity index (χ0n) is 34.3. The molecule has 2 saturated heterocycles. The molecule has 0 atom stereocenters. The monoisotopic (exact) mass is 862 g/mol. The highest BCUT2D eigenvalue weighted by atomic mass is 19.4. The van der Waals surface area contributed by atoms with E-state index in [1.165, 1.54) is 0 Å². The fourth-order valence-electron chi connectivity index (χ4n) is 9.37. The number of ether oxygens (including phenoxy) is 2. The quantitative estimate of drug-likeness (QED) is 0.161. The molecule has 2 saturated carbocycles. The highest BCUT2D eigenvalue weighted by molar-refractivity contribution is 5.86. The number of amides is 2. The minimum absolute atomic E-state index is 0.0310. The second-order valence-electron chi connectivity index (χ2n) is 16.6. The summed E-state index contributed by atoms with van der Waals surface area (Å²) in [7, 11) is 3.25. The Morgan fingerprint density at radius 1 is 0.617 bits per heavy atom. The van der Waals surface area contributed by atoms with Crippen molar-refractivity contribution in [3.05, 3.63) is 58.7 Å². The van der Waals surface area contributed by atoms with Gasteiger partial charge in [0.2, 0.25) is 11.8 Å². The van der Waals surface area contributed by atoms with E-state index in [0.717, 1.165) is 50.9 Å². The summed E-state index contributed by atoms with van der Waals surface area (Å²) in [4.78, 5) is 32.3. The van der Waals surface area contributed by atoms with Crippen LogP contribution in [0.25, 0.3) is 0 Å². The van der Waals surface area contributed by atoms with Crippen molar-refractivity contribution in [3.63, 3.8) is 0 Å². The van der Waals surface area contributed by atoms with Crippen molar-refractivity contribution < 1.29 is 54.2 Å². The summed E-state index contributed by atoms with van der Waals surface area (Å²) in [6.45, 7) is 3.50. The van der Waals surface area contributed by atoms with Gasteiger partial charge in [-0.05, 0) is 127 Å². The molecule has 4 aliphatic rings. The van der Waals surface area contributed by atoms with Crippen molar-refractivity contribution in [3.8, 4) is 0 Å². The smallest absolute Gasteiger partial charge is 0.381 e. The van der Waals surface area contributed by atoms with Crippen molar-refractivity contribution in [1.29, 1.82) is 0 Å². The molecule has 2 amide bonds. The van der Waals surface area contributed by atoms with Gasteiger partial charge in [0.1, 0.15) is 22.7 Å². The molecule has 2 aliphatic heterocycles. The summed E-state index contributed by atoms with van der Waals surface area (Å²) in [5.41, 5.74) is -3.21. The van der Waals surface area contributed by atoms with E-state index in [4.69, 9.17) is 9.47 Å². The van der Waals surface area contributed by atoms with Gasteiger partial charge in [-0.1, -0.05) is 0 Å². The van der Waals surface area contributed by atoms with Crippen LogP contribution in [0, 0.1) is 23.5 Å². The maximum absolute atomic E-state index is 13.3. The van der Waals surface area contributed by atoms with Crippen molar-refractivity contribution in [2.75, 3.05) is 53.6 Å². The van der Waals surface area contributed by atoms with Crippen LogP contribution in [0.1, 0.15) is 124 Å². The molecule has 0 unspecified atom stereocenters. The number of hydrogen-bond donors (Lipinski definition) is 4. The number of nitrogens with one attached hydrogen (secondary N) is 4. The van der Waals surface area contributed by atoms with E-state index < -0.39 is 46.2 Å². The van der Waals surface area contributed by atoms with Crippen LogP contribution >= 0.6 is 0 Å². The van der Waals surface area contributed by atoms with Crippen molar-refractivity contribution in [1.82, 2.24) is 31.2 Å². The Kier molecular flexibility index (Phi) is 16.7. The number of rotatable bonds is 12. The van der Waals surface area contributed by atoms with Gasteiger partial charge in [-0.3, -0.25) is 19.6 Å². The molecule has 336 valence electrons. The highest BCUT2D eigenvalue weighted by Crippen LogP contribution is 2.43. The molecular formula is C42H58F8N6O4. The van der Waals surface area contributed by atoms with Crippen LogP contribution in [0.2, 0.25) is 0 Å². The minimum Gasteiger partial charge on any atom is -0.381 e. The normalized spacial score (nSPS) is 24.4. The first-order valence-electron chi connectivity index (χ1n) is 21.1. The number of carbonyl (C=O) groups excluding carboxylic acids is 2. The largest absolute Gasteiger partial charge is 0.418 e. The Morgan fingerprint density at radius 3 is 1.25 bits per heavy atom. The van der Waals surface area contributed by atoms with E-state index in [1.807, 2.05) is 0 Å². The second kappa shape index (κ2) is 21.1. The Hall–Kier alpha value is -3.48. The standard InChI is InChI=1S/2C21H29F4N3O2/c2*1-26-19(29)20(7-10-30-11-8-20)28-9-6-14-2-4-15(5-3-14)18-17(21(23,24)25)12-16(22)13-27-18/h2*12-15,28H,2-11H2,1H3,(H,26,29). The Bertz CT molecular complexity index is 1580. The Morgan fingerprint density at radius 2 is 0.950 bits per heavy atom. The van der Waals surface area contributed by atoms with E-state index >= 15 is 0 Å². The lowest BCUT2D eigenvalue weighted by atomic mass is 9.78. The maximum atomic E-state index is 13.3. The first-order valence-corrected chi connectivity index (χ1v) is 21.1. The summed E-state index contributed by atoms with van der Waals surface area (Å²) < 4.78 is 117. The number of hydrogen-bond acceptors (Lipinski definition) is 8. The van der Waals surface area contributed by atoms with Gasteiger partial charge in [0.05, 0.1) is 34.9 Å². The zero-order valence-corrected chi connectivity index (χ0v) is 34.3. The van der Waals surface area contributed by atoms with Gasteiger partial charge in [0.25, 0.3) is 0 Å². The number of aromatic nitrogens is 2. The summed E-state index contributed by atoms with van der Waals surface area (Å²) in [6.07, 6.45) is 2.27. The van der Waals surface area contributed by atoms with Crippen molar-refractivity contribution >= 4 is 11.8 Å². The van der Waals surface area contributed by atoms with Gasteiger partial charge in [-0.25, -0.2) is 8.78 Å². The molecule has 0 radical (unpaired) electrons. The molecular weight excluding hydrogens is 804 g/mol. The van der Waals surface area contributed by atoms with Gasteiger partial charge >= 0.3 is 12.4 Å². The molecule has 2 aromatic heterocycles. The average Bonchev–Trinajstić information content (AvgIpc) is 3.24. The number of likely N-dealkylation sites (N-methyl/N-ethyl adjacent to an activating group) is 2. The lowest BCUT2D eigenvalue weighted by Crippen LogP contribution is -2.59. The summed E-state index contributed by atoms with van der Waals surface area (Å²) >= 11 is 0. The van der Waals surface area contributed by atoms with Gasteiger partial charge < -0.3 is 30.7 Å². The lowest BCUT2D eigenvalue weighted by molar-refractivity contribution is -0.139. The molecule has 60 heavy (non-hydrogen) atoms. The SMILES string of the molecule is CNC(=O)C1(NCCC2CCC(c3ncc(F)cc3C(F)(F)F)CC2)CCOCC1.CNC(=O)C1(NCCC2CCC(c3ncc(F)cc3C(F)(F)F)CC2)CCOCC1. The van der Waals surface area contributed by atoms with E-state index in [-0.39, 0.29) is 35.0 Å². The first kappa shape index (κ1) is 47.6. The van der Waals surface area contributed by atoms with Gasteiger partial charge in [-0.15, -0.1) is 0 Å². The van der Waals surface area contributed by atoms with Crippen LogP contribution in [0.4, 0.5) is 35.1 Å². The molecule has 0 bridgehead atoms. The van der Waals surface area contributed by atoms with Gasteiger partial charge in [-0.2, -0.15) is 26.3 Å². The molecule has 0 aromatic carbocycles. The average molecular weight is 863 g/mol. The van der Waals surface area contributed by atoms with Crippen LogP contribution < -0.4 is 21.3 Å². The fraction of sp³-hybridized carbons (Fsp3) is 0.714. The number of alkyl halides is 6. The van der Waals surface area contributed by atoms with Crippen LogP contribution in [-0.2, 0) is 31.4 Å². The van der Waals surface area contributed by atoms with E-state index in [9.17, 15) is 44.7 Å². The van der Waals surface area contributed by atoms with E-state index in [1.54, 1.807) is 14.1 Å². The van der Waals surface area contributed by atoms with Crippen molar-refractivity contribution in [2.24, 2.45) is 11.8 Å². The number of pyridine rings is 2. The molecule has 18 heteroatoms. The van der Waals surface area contributed by atoms with Crippen LogP contribution in [0.3, 0.4) is 0 Å². The molecule has 4 fully saturated rings. The van der Waals surface area contributed by atoms with Gasteiger partial charge in [0, 0.05) is 52.4 Å². The third-order valence-corrected chi connectivity index (χ3v) is 12.9. The summed E-state index contributed by atoms with van der Waals surface area (Å²) in [5.74, 6) is -1.85. The summed E-state index contributed by atoms with van der Waals surface area (Å²) in [6, 6.07) is 1.09. The fourth-order valence-corrected chi connectivity index (χ4v) is 9.37. The molecule has 0 spiro atoms. The number of nitrogens with zero attached hydrogens (tertiary/aromatic N) is 2. The third-order valence-electron chi connectivity index (χ3n) is 12.9. The molecule has 4 heterocycles. The van der Waals surface area contributed by atoms with Gasteiger partial charge in [0.15, 0.2) is 0 Å². The number of halogens is 8. The maximum Gasteiger partial charge on any atom is 0.418 e. The minimum atomic E-state index is -4.61. The third kappa shape index (κ3) is 12.3. The second-order valence-corrected chi connectivity index (χ2v) is 16.6. The summed E-state index contributed by atoms with van der Waals surface area (Å²) in [5, 5.41) is 12.3. The Labute approximate surface area is 346 Å². The topological polar surface area (TPSA) is 126 Å². The molecule has 4 N–H and O–H groups in total. The van der Waals surface area contributed by atoms with E-state index in [0.29, 0.717) is 115 Å². The molecule has 2 aliphatic carbocycles. The predicted octanol–water partition coefficient (Wildman–Crippen LogP) is 7.58.